The van der Waals surface area contributed by atoms with Crippen molar-refractivity contribution in [3.05, 3.63) is 0 Å². The van der Waals surface area contributed by atoms with Crippen LogP contribution in [0.4, 0.5) is 0 Å². The lowest BCUT2D eigenvalue weighted by atomic mass is 10.1. The molecule has 0 aromatic rings. The minimum Gasteiger partial charge on any atom is -0.356 e. The first kappa shape index (κ1) is 15.8. The molecule has 0 aromatic heterocycles. The third kappa shape index (κ3) is 6.40. The summed E-state index contributed by atoms with van der Waals surface area (Å²) in [5.74, 6) is 0. The summed E-state index contributed by atoms with van der Waals surface area (Å²) in [5.41, 5.74) is 5.77. The number of nitrogens with zero attached hydrogens (tertiary/aromatic N) is 2. The Morgan fingerprint density at radius 3 is 2.00 bits per heavy atom. The number of methoxy groups -OCH3 is 2. The molecule has 0 radical (unpaired) electrons. The van der Waals surface area contributed by atoms with Gasteiger partial charge in [0.2, 0.25) is 0 Å². The van der Waals surface area contributed by atoms with Crippen molar-refractivity contribution >= 4 is 0 Å². The van der Waals surface area contributed by atoms with Gasteiger partial charge in [0.25, 0.3) is 0 Å². The highest BCUT2D eigenvalue weighted by Crippen LogP contribution is 2.07. The Morgan fingerprint density at radius 2 is 1.62 bits per heavy atom. The Labute approximate surface area is 99.5 Å². The number of hydrogen-bond acceptors (Lipinski definition) is 5. The predicted molar refractivity (Wildman–Crippen MR) is 66.4 cm³/mol. The van der Waals surface area contributed by atoms with Gasteiger partial charge in [-0.25, -0.2) is 0 Å². The molecule has 0 heterocycles. The van der Waals surface area contributed by atoms with Gasteiger partial charge in [0.1, 0.15) is 0 Å². The van der Waals surface area contributed by atoms with Crippen LogP contribution in [0.1, 0.15) is 6.42 Å². The van der Waals surface area contributed by atoms with Gasteiger partial charge < -0.3 is 25.0 Å². The molecule has 0 fully saturated rings. The number of likely N-dealkylation sites (N-methyl/N-ethyl adjacent to an activating group) is 2. The van der Waals surface area contributed by atoms with E-state index in [4.69, 9.17) is 15.2 Å². The van der Waals surface area contributed by atoms with E-state index in [1.807, 2.05) is 0 Å². The molecule has 0 amide bonds. The maximum absolute atomic E-state index is 5.77. The van der Waals surface area contributed by atoms with Crippen LogP contribution in [0.25, 0.3) is 0 Å². The molecule has 16 heavy (non-hydrogen) atoms. The van der Waals surface area contributed by atoms with Gasteiger partial charge in [-0.1, -0.05) is 0 Å². The summed E-state index contributed by atoms with van der Waals surface area (Å²) in [5, 5.41) is 0. The number of rotatable bonds is 9. The maximum atomic E-state index is 5.77. The fourth-order valence-electron chi connectivity index (χ4n) is 1.51. The van der Waals surface area contributed by atoms with Gasteiger partial charge in [0.05, 0.1) is 0 Å². The van der Waals surface area contributed by atoms with Gasteiger partial charge in [-0.2, -0.15) is 0 Å². The van der Waals surface area contributed by atoms with Gasteiger partial charge in [-0.15, -0.1) is 0 Å². The third-order valence-corrected chi connectivity index (χ3v) is 2.79. The average Bonchev–Trinajstić information content (AvgIpc) is 2.27. The van der Waals surface area contributed by atoms with Crippen LogP contribution in [0.5, 0.6) is 0 Å². The van der Waals surface area contributed by atoms with Crippen molar-refractivity contribution in [2.24, 2.45) is 5.73 Å². The molecular weight excluding hydrogens is 206 g/mol. The fourth-order valence-corrected chi connectivity index (χ4v) is 1.51. The lowest BCUT2D eigenvalue weighted by molar-refractivity contribution is -0.115. The Bertz CT molecular complexity index is 163. The lowest BCUT2D eigenvalue weighted by Gasteiger charge is -2.30. The van der Waals surface area contributed by atoms with Gasteiger partial charge >= 0.3 is 0 Å². The molecule has 0 aromatic carbocycles. The van der Waals surface area contributed by atoms with Crippen LogP contribution in [0.15, 0.2) is 0 Å². The summed E-state index contributed by atoms with van der Waals surface area (Å²) in [6, 6.07) is 0.296. The lowest BCUT2D eigenvalue weighted by Crippen LogP contribution is -2.43. The number of hydrogen-bond donors (Lipinski definition) is 1. The smallest absolute Gasteiger partial charge is 0.158 e. The Morgan fingerprint density at radius 1 is 1.06 bits per heavy atom. The topological polar surface area (TPSA) is 51.0 Å². The molecule has 0 saturated carbocycles. The summed E-state index contributed by atoms with van der Waals surface area (Å²) in [6.45, 7) is 2.64. The second-order valence-electron chi connectivity index (χ2n) is 4.31. The van der Waals surface area contributed by atoms with Crippen LogP contribution >= 0.6 is 0 Å². The summed E-state index contributed by atoms with van der Waals surface area (Å²) in [7, 11) is 9.53. The molecule has 0 bridgehead atoms. The highest BCUT2D eigenvalue weighted by atomic mass is 16.7. The van der Waals surface area contributed by atoms with Crippen molar-refractivity contribution in [3.8, 4) is 0 Å². The molecule has 98 valence electrons. The molecule has 0 saturated heterocycles. The molecule has 1 unspecified atom stereocenters. The van der Waals surface area contributed by atoms with Crippen LogP contribution < -0.4 is 5.73 Å². The van der Waals surface area contributed by atoms with Crippen molar-refractivity contribution < 1.29 is 9.47 Å². The Balaban J connectivity index is 4.04. The van der Waals surface area contributed by atoms with E-state index < -0.39 is 0 Å². The van der Waals surface area contributed by atoms with E-state index >= 15 is 0 Å². The van der Waals surface area contributed by atoms with Gasteiger partial charge in [-0.05, 0) is 21.1 Å². The van der Waals surface area contributed by atoms with Gasteiger partial charge in [0, 0.05) is 46.3 Å². The molecule has 0 aliphatic carbocycles. The van der Waals surface area contributed by atoms with Crippen molar-refractivity contribution in [3.63, 3.8) is 0 Å². The van der Waals surface area contributed by atoms with Crippen LogP contribution in [-0.2, 0) is 9.47 Å². The highest BCUT2D eigenvalue weighted by Gasteiger charge is 2.18. The zero-order valence-corrected chi connectivity index (χ0v) is 11.3. The van der Waals surface area contributed by atoms with E-state index in [0.717, 1.165) is 19.5 Å². The Hall–Kier alpha value is -0.200. The first-order chi connectivity index (χ1) is 7.54. The van der Waals surface area contributed by atoms with Crippen molar-refractivity contribution in [2.45, 2.75) is 18.8 Å². The van der Waals surface area contributed by atoms with Crippen molar-refractivity contribution in [1.82, 2.24) is 9.80 Å². The number of ether oxygens (including phenoxy) is 2. The molecule has 0 aliphatic rings. The molecule has 5 heteroatoms. The van der Waals surface area contributed by atoms with E-state index in [0.29, 0.717) is 12.6 Å². The third-order valence-electron chi connectivity index (χ3n) is 2.79. The molecule has 0 spiro atoms. The molecule has 0 rings (SSSR count). The maximum Gasteiger partial charge on any atom is 0.158 e. The summed E-state index contributed by atoms with van der Waals surface area (Å²) in [6.07, 6.45) is 0.628. The van der Waals surface area contributed by atoms with Gasteiger partial charge in [-0.3, -0.25) is 0 Å². The fraction of sp³-hybridized carbons (Fsp3) is 1.00. The molecule has 1 atom stereocenters. The van der Waals surface area contributed by atoms with Crippen LogP contribution in [0, 0.1) is 0 Å². The quantitative estimate of drug-likeness (QED) is 0.560. The van der Waals surface area contributed by atoms with E-state index in [2.05, 4.69) is 30.9 Å². The monoisotopic (exact) mass is 233 g/mol. The average molecular weight is 233 g/mol. The second kappa shape index (κ2) is 8.90. The minimum atomic E-state index is -0.171. The van der Waals surface area contributed by atoms with Gasteiger partial charge in [0.15, 0.2) is 6.29 Å². The standard InChI is InChI=1S/C11H27N3O2/c1-13(2)6-7-14(3)10(9-12)8-11(15-4)16-5/h10-11H,6-9,12H2,1-5H3. The van der Waals surface area contributed by atoms with Crippen molar-refractivity contribution in [2.75, 3.05) is 55.0 Å². The van der Waals surface area contributed by atoms with E-state index in [9.17, 15) is 0 Å². The largest absolute Gasteiger partial charge is 0.356 e. The molecule has 2 N–H and O–H groups in total. The van der Waals surface area contributed by atoms with E-state index in [1.54, 1.807) is 14.2 Å². The molecular formula is C11H27N3O2. The summed E-state index contributed by atoms with van der Waals surface area (Å²) < 4.78 is 10.4. The van der Waals surface area contributed by atoms with Crippen LogP contribution in [0.3, 0.4) is 0 Å². The summed E-state index contributed by atoms with van der Waals surface area (Å²) in [4.78, 5) is 4.42. The van der Waals surface area contributed by atoms with E-state index in [-0.39, 0.29) is 6.29 Å². The molecule has 0 aliphatic heterocycles. The highest BCUT2D eigenvalue weighted by molar-refractivity contribution is 4.72. The zero-order valence-electron chi connectivity index (χ0n) is 11.3. The number of nitrogens with two attached hydrogens (primary N) is 1. The minimum absolute atomic E-state index is 0.171. The van der Waals surface area contributed by atoms with Crippen LogP contribution in [0.2, 0.25) is 0 Å². The summed E-state index contributed by atoms with van der Waals surface area (Å²) >= 11 is 0. The first-order valence-corrected chi connectivity index (χ1v) is 5.65. The predicted octanol–water partition coefficient (Wildman–Crippen LogP) is -0.184. The second-order valence-corrected chi connectivity index (χ2v) is 4.31. The van der Waals surface area contributed by atoms with Crippen LogP contribution in [-0.4, -0.2) is 77.1 Å². The first-order valence-electron chi connectivity index (χ1n) is 5.65. The normalized spacial score (nSPS) is 14.1. The zero-order chi connectivity index (χ0) is 12.6. The Kier molecular flexibility index (Phi) is 8.78. The van der Waals surface area contributed by atoms with Crippen molar-refractivity contribution in [1.29, 1.82) is 0 Å². The van der Waals surface area contributed by atoms with E-state index in [1.165, 1.54) is 0 Å². The molecule has 5 nitrogen and oxygen atoms in total. The SMILES string of the molecule is COC(CC(CN)N(C)CCN(C)C)OC.